The normalized spacial score (nSPS) is 48.4. The molecule has 4 heteroatoms. The van der Waals surface area contributed by atoms with Gasteiger partial charge in [-0.05, 0) is 31.4 Å². The minimum Gasteiger partial charge on any atom is -0.450 e. The number of nitrogens with zero attached hydrogens (tertiary/aromatic N) is 1. The van der Waals surface area contributed by atoms with Crippen LogP contribution in [0, 0.1) is 0 Å². The highest BCUT2D eigenvalue weighted by atomic mass is 16.6. The van der Waals surface area contributed by atoms with Crippen molar-refractivity contribution >= 4 is 5.97 Å². The molecule has 4 aliphatic heterocycles. The second kappa shape index (κ2) is 3.12. The molecule has 4 nitrogen and oxygen atoms in total. The van der Waals surface area contributed by atoms with Crippen molar-refractivity contribution in [1.29, 1.82) is 0 Å². The minimum absolute atomic E-state index is 0.208. The summed E-state index contributed by atoms with van der Waals surface area (Å²) in [6.45, 7) is 1.04. The minimum atomic E-state index is -0.480. The fraction of sp³-hybridized carbons (Fsp3) is 0.769. The van der Waals surface area contributed by atoms with E-state index in [0.717, 1.165) is 25.0 Å². The predicted molar refractivity (Wildman–Crippen MR) is 60.3 cm³/mol. The van der Waals surface area contributed by atoms with Crippen molar-refractivity contribution in [3.05, 3.63) is 11.6 Å². The van der Waals surface area contributed by atoms with E-state index >= 15 is 0 Å². The molecule has 1 aliphatic carbocycles. The largest absolute Gasteiger partial charge is 0.450 e. The van der Waals surface area contributed by atoms with Gasteiger partial charge >= 0.3 is 5.97 Å². The van der Waals surface area contributed by atoms with E-state index in [4.69, 9.17) is 4.74 Å². The maximum atomic E-state index is 11.6. The second-order valence-electron chi connectivity index (χ2n) is 5.77. The smallest absolute Gasteiger partial charge is 0.331 e. The average molecular weight is 235 g/mol. The van der Waals surface area contributed by atoms with E-state index < -0.39 is 5.60 Å². The standard InChI is InChI=1S/C13H17NO3/c15-10-7-13-8(6-12(16)17-13)5-9(10)14-4-2-1-3-11(13)14/h6,9-11,15H,1-5,7H2/t9?,10-,11-,13-/m1/s1. The summed E-state index contributed by atoms with van der Waals surface area (Å²) in [5, 5.41) is 10.2. The lowest BCUT2D eigenvalue weighted by atomic mass is 9.64. The molecule has 1 spiro atoms. The predicted octanol–water partition coefficient (Wildman–Crippen LogP) is 0.600. The molecule has 1 saturated carbocycles. The Labute approximate surface area is 100 Å². The van der Waals surface area contributed by atoms with Crippen LogP contribution in [0.15, 0.2) is 11.6 Å². The fourth-order valence-corrected chi connectivity index (χ4v) is 4.36. The molecule has 0 amide bonds. The van der Waals surface area contributed by atoms with Gasteiger partial charge in [0.25, 0.3) is 0 Å². The van der Waals surface area contributed by atoms with E-state index in [0.29, 0.717) is 12.5 Å². The van der Waals surface area contributed by atoms with Gasteiger partial charge in [0.2, 0.25) is 0 Å². The summed E-state index contributed by atoms with van der Waals surface area (Å²) in [6, 6.07) is 0.527. The Morgan fingerprint density at radius 2 is 2.35 bits per heavy atom. The van der Waals surface area contributed by atoms with E-state index in [-0.39, 0.29) is 18.1 Å². The van der Waals surface area contributed by atoms with Crippen molar-refractivity contribution in [2.75, 3.05) is 6.54 Å². The summed E-state index contributed by atoms with van der Waals surface area (Å²) in [7, 11) is 0. The molecular formula is C13H17NO3. The van der Waals surface area contributed by atoms with Crippen molar-refractivity contribution < 1.29 is 14.6 Å². The highest BCUT2D eigenvalue weighted by Gasteiger charge is 2.62. The zero-order valence-electron chi connectivity index (χ0n) is 9.76. The first-order valence-corrected chi connectivity index (χ1v) is 6.58. The van der Waals surface area contributed by atoms with Crippen LogP contribution in [0.25, 0.3) is 0 Å². The van der Waals surface area contributed by atoms with Crippen molar-refractivity contribution in [2.24, 2.45) is 0 Å². The Bertz CT molecular complexity index is 419. The van der Waals surface area contributed by atoms with E-state index in [9.17, 15) is 9.90 Å². The molecule has 92 valence electrons. The Hall–Kier alpha value is -0.870. The van der Waals surface area contributed by atoms with E-state index in [1.807, 2.05) is 0 Å². The van der Waals surface area contributed by atoms with Gasteiger partial charge in [-0.1, -0.05) is 6.42 Å². The third-order valence-corrected chi connectivity index (χ3v) is 5.01. The first-order chi connectivity index (χ1) is 8.21. The van der Waals surface area contributed by atoms with Crippen LogP contribution in [0.1, 0.15) is 32.1 Å². The first-order valence-electron chi connectivity index (χ1n) is 6.58. The molecule has 0 radical (unpaired) electrons. The number of aliphatic hydroxyl groups excluding tert-OH is 1. The third kappa shape index (κ3) is 1.13. The zero-order chi connectivity index (χ0) is 11.6. The molecule has 5 rings (SSSR count). The molecular weight excluding hydrogens is 218 g/mol. The van der Waals surface area contributed by atoms with Crippen LogP contribution < -0.4 is 0 Å². The lowest BCUT2D eigenvalue weighted by Crippen LogP contribution is -2.71. The van der Waals surface area contributed by atoms with Crippen molar-refractivity contribution in [1.82, 2.24) is 4.90 Å². The number of rotatable bonds is 0. The van der Waals surface area contributed by atoms with Crippen molar-refractivity contribution in [3.63, 3.8) is 0 Å². The van der Waals surface area contributed by atoms with Crippen LogP contribution in [0.5, 0.6) is 0 Å². The Morgan fingerprint density at radius 1 is 1.47 bits per heavy atom. The van der Waals surface area contributed by atoms with Crippen LogP contribution in [0.2, 0.25) is 0 Å². The number of hydrogen-bond donors (Lipinski definition) is 1. The molecule has 4 heterocycles. The Morgan fingerprint density at radius 3 is 3.24 bits per heavy atom. The summed E-state index contributed by atoms with van der Waals surface area (Å²) in [4.78, 5) is 14.0. The molecule has 5 aliphatic rings. The van der Waals surface area contributed by atoms with Gasteiger partial charge in [0.1, 0.15) is 0 Å². The van der Waals surface area contributed by atoms with Crippen LogP contribution in [0.4, 0.5) is 0 Å². The van der Waals surface area contributed by atoms with Crippen molar-refractivity contribution in [3.8, 4) is 0 Å². The number of esters is 1. The first kappa shape index (κ1) is 10.1. The summed E-state index contributed by atoms with van der Waals surface area (Å²) in [6.07, 6.45) is 6.24. The quantitative estimate of drug-likeness (QED) is 0.625. The van der Waals surface area contributed by atoms with Crippen LogP contribution in [-0.4, -0.2) is 46.3 Å². The molecule has 0 aromatic carbocycles. The number of piperidine rings is 3. The maximum Gasteiger partial charge on any atom is 0.331 e. The molecule has 1 N–H and O–H groups in total. The van der Waals surface area contributed by atoms with Gasteiger partial charge in [0.05, 0.1) is 12.1 Å². The number of carbonyl (C=O) groups excluding carboxylic acids is 1. The van der Waals surface area contributed by atoms with E-state index in [1.165, 1.54) is 12.8 Å². The van der Waals surface area contributed by atoms with Crippen LogP contribution in [0.3, 0.4) is 0 Å². The lowest BCUT2D eigenvalue weighted by Gasteiger charge is -2.60. The summed E-state index contributed by atoms with van der Waals surface area (Å²) < 4.78 is 5.65. The number of aliphatic hydroxyl groups is 1. The molecule has 4 fully saturated rings. The highest BCUT2D eigenvalue weighted by molar-refractivity contribution is 5.87. The fourth-order valence-electron chi connectivity index (χ4n) is 4.36. The Balaban J connectivity index is 1.82. The van der Waals surface area contributed by atoms with Crippen LogP contribution in [-0.2, 0) is 9.53 Å². The molecule has 17 heavy (non-hydrogen) atoms. The van der Waals surface area contributed by atoms with Gasteiger partial charge in [0, 0.05) is 18.5 Å². The van der Waals surface area contributed by atoms with Gasteiger partial charge < -0.3 is 9.84 Å². The van der Waals surface area contributed by atoms with Gasteiger partial charge in [-0.15, -0.1) is 0 Å². The summed E-state index contributed by atoms with van der Waals surface area (Å²) in [5.74, 6) is -0.208. The third-order valence-electron chi connectivity index (χ3n) is 5.01. The number of ether oxygens (including phenoxy) is 1. The SMILES string of the molecule is O=C1C=C2CC3[C@H](O)C[C@]2(O1)[C@H]1CCCCN31. The highest BCUT2D eigenvalue weighted by Crippen LogP contribution is 2.53. The van der Waals surface area contributed by atoms with E-state index in [1.54, 1.807) is 6.08 Å². The molecule has 1 unspecified atom stereocenters. The number of carbonyl (C=O) groups is 1. The van der Waals surface area contributed by atoms with E-state index in [2.05, 4.69) is 4.90 Å². The molecule has 4 atom stereocenters. The monoisotopic (exact) mass is 235 g/mol. The van der Waals surface area contributed by atoms with Gasteiger partial charge in [-0.25, -0.2) is 4.79 Å². The maximum absolute atomic E-state index is 11.6. The zero-order valence-corrected chi connectivity index (χ0v) is 9.76. The molecule has 0 aromatic rings. The summed E-state index contributed by atoms with van der Waals surface area (Å²) in [5.41, 5.74) is 0.659. The second-order valence-corrected chi connectivity index (χ2v) is 5.77. The van der Waals surface area contributed by atoms with Gasteiger partial charge in [0.15, 0.2) is 5.60 Å². The Kier molecular flexibility index (Phi) is 1.85. The van der Waals surface area contributed by atoms with Crippen molar-refractivity contribution in [2.45, 2.75) is 55.9 Å². The summed E-state index contributed by atoms with van der Waals surface area (Å²) >= 11 is 0. The number of hydrogen-bond acceptors (Lipinski definition) is 4. The lowest BCUT2D eigenvalue weighted by molar-refractivity contribution is -0.188. The van der Waals surface area contributed by atoms with Crippen LogP contribution >= 0.6 is 0 Å². The number of fused-ring (bicyclic) bond motifs is 1. The molecule has 0 aromatic heterocycles. The molecule has 3 saturated heterocycles. The molecule has 2 bridgehead atoms. The van der Waals surface area contributed by atoms with Gasteiger partial charge in [-0.2, -0.15) is 0 Å². The average Bonchev–Trinajstić information content (AvgIpc) is 2.64. The topological polar surface area (TPSA) is 49.8 Å². The van der Waals surface area contributed by atoms with Gasteiger partial charge in [-0.3, -0.25) is 4.90 Å².